The molecule has 7 heteroatoms. The predicted molar refractivity (Wildman–Crippen MR) is 73.0 cm³/mol. The van der Waals surface area contributed by atoms with E-state index in [1.807, 2.05) is 0 Å². The molecule has 0 spiro atoms. The molecule has 2 amide bonds. The van der Waals surface area contributed by atoms with Crippen molar-refractivity contribution in [2.75, 3.05) is 5.32 Å². The SMILES string of the molecule is CC(=O)NC(C)C(=O)Nc1cc(Br)cc(C(=O)O)c1. The number of hydrogen-bond donors (Lipinski definition) is 3. The van der Waals surface area contributed by atoms with E-state index in [1.165, 1.54) is 26.0 Å². The van der Waals surface area contributed by atoms with Gasteiger partial charge in [0.15, 0.2) is 0 Å². The minimum atomic E-state index is -1.09. The smallest absolute Gasteiger partial charge is 0.335 e. The van der Waals surface area contributed by atoms with Crippen molar-refractivity contribution in [1.82, 2.24) is 5.32 Å². The summed E-state index contributed by atoms with van der Waals surface area (Å²) in [6.45, 7) is 2.85. The van der Waals surface area contributed by atoms with Crippen molar-refractivity contribution < 1.29 is 19.5 Å². The van der Waals surface area contributed by atoms with Crippen LogP contribution in [0.3, 0.4) is 0 Å². The zero-order valence-electron chi connectivity index (χ0n) is 10.4. The second-order valence-corrected chi connectivity index (χ2v) is 4.86. The first-order chi connectivity index (χ1) is 8.79. The van der Waals surface area contributed by atoms with Crippen molar-refractivity contribution in [3.8, 4) is 0 Å². The molecule has 1 aromatic carbocycles. The van der Waals surface area contributed by atoms with Crippen molar-refractivity contribution in [1.29, 1.82) is 0 Å². The second kappa shape index (κ2) is 6.33. The lowest BCUT2D eigenvalue weighted by Gasteiger charge is -2.13. The van der Waals surface area contributed by atoms with E-state index >= 15 is 0 Å². The molecule has 0 saturated heterocycles. The molecule has 1 aromatic rings. The summed E-state index contributed by atoms with van der Waals surface area (Å²) in [6.07, 6.45) is 0. The lowest BCUT2D eigenvalue weighted by molar-refractivity contribution is -0.124. The van der Waals surface area contributed by atoms with Crippen molar-refractivity contribution in [2.45, 2.75) is 19.9 Å². The maximum atomic E-state index is 11.8. The van der Waals surface area contributed by atoms with E-state index in [4.69, 9.17) is 5.11 Å². The van der Waals surface area contributed by atoms with Crippen LogP contribution >= 0.6 is 15.9 Å². The Morgan fingerprint density at radius 3 is 2.42 bits per heavy atom. The van der Waals surface area contributed by atoms with Crippen LogP contribution in [0.4, 0.5) is 5.69 Å². The standard InChI is InChI=1S/C12H13BrN2O4/c1-6(14-7(2)16)11(17)15-10-4-8(12(18)19)3-9(13)5-10/h3-6H,1-2H3,(H,14,16)(H,15,17)(H,18,19). The van der Waals surface area contributed by atoms with Crippen LogP contribution in [0.5, 0.6) is 0 Å². The highest BCUT2D eigenvalue weighted by Crippen LogP contribution is 2.19. The van der Waals surface area contributed by atoms with Gasteiger partial charge >= 0.3 is 5.97 Å². The molecule has 102 valence electrons. The first kappa shape index (κ1) is 15.2. The largest absolute Gasteiger partial charge is 0.478 e. The Bertz CT molecular complexity index is 530. The molecule has 1 rings (SSSR count). The fourth-order valence-electron chi connectivity index (χ4n) is 1.41. The van der Waals surface area contributed by atoms with Gasteiger partial charge < -0.3 is 15.7 Å². The van der Waals surface area contributed by atoms with Gasteiger partial charge in [0.2, 0.25) is 11.8 Å². The average Bonchev–Trinajstić information content (AvgIpc) is 2.26. The first-order valence-electron chi connectivity index (χ1n) is 5.41. The van der Waals surface area contributed by atoms with Gasteiger partial charge in [-0.25, -0.2) is 4.79 Å². The Morgan fingerprint density at radius 1 is 1.26 bits per heavy atom. The summed E-state index contributed by atoms with van der Waals surface area (Å²) < 4.78 is 0.537. The number of anilines is 1. The van der Waals surface area contributed by atoms with E-state index in [-0.39, 0.29) is 11.5 Å². The third-order valence-corrected chi connectivity index (χ3v) is 2.68. The van der Waals surface area contributed by atoms with Gasteiger partial charge in [0.1, 0.15) is 6.04 Å². The lowest BCUT2D eigenvalue weighted by Crippen LogP contribution is -2.40. The van der Waals surface area contributed by atoms with Gasteiger partial charge in [0.05, 0.1) is 5.56 Å². The number of benzene rings is 1. The minimum absolute atomic E-state index is 0.0526. The summed E-state index contributed by atoms with van der Waals surface area (Å²) in [7, 11) is 0. The molecule has 0 aliphatic carbocycles. The Morgan fingerprint density at radius 2 is 1.89 bits per heavy atom. The average molecular weight is 329 g/mol. The Hall–Kier alpha value is -1.89. The van der Waals surface area contributed by atoms with E-state index in [1.54, 1.807) is 6.07 Å². The molecule has 1 unspecified atom stereocenters. The minimum Gasteiger partial charge on any atom is -0.478 e. The molecule has 0 radical (unpaired) electrons. The summed E-state index contributed by atoms with van der Waals surface area (Å²) >= 11 is 3.16. The topological polar surface area (TPSA) is 95.5 Å². The zero-order valence-corrected chi connectivity index (χ0v) is 11.9. The summed E-state index contributed by atoms with van der Waals surface area (Å²) in [4.78, 5) is 33.5. The monoisotopic (exact) mass is 328 g/mol. The van der Waals surface area contributed by atoms with E-state index in [0.29, 0.717) is 10.2 Å². The third kappa shape index (κ3) is 4.70. The third-order valence-electron chi connectivity index (χ3n) is 2.23. The number of carbonyl (C=O) groups excluding carboxylic acids is 2. The number of nitrogens with one attached hydrogen (secondary N) is 2. The number of carbonyl (C=O) groups is 3. The zero-order chi connectivity index (χ0) is 14.6. The number of amides is 2. The van der Waals surface area contributed by atoms with Crippen molar-refractivity contribution in [3.63, 3.8) is 0 Å². The summed E-state index contributed by atoms with van der Waals surface area (Å²) in [5.74, 6) is -1.83. The normalized spacial score (nSPS) is 11.5. The molecule has 0 aromatic heterocycles. The van der Waals surface area contributed by atoms with E-state index in [9.17, 15) is 14.4 Å². The number of aromatic carboxylic acids is 1. The number of hydrogen-bond acceptors (Lipinski definition) is 3. The molecule has 0 bridgehead atoms. The highest BCUT2D eigenvalue weighted by Gasteiger charge is 2.15. The van der Waals surface area contributed by atoms with Crippen LogP contribution in [0.25, 0.3) is 0 Å². The molecule has 0 aliphatic heterocycles. The van der Waals surface area contributed by atoms with Gasteiger partial charge in [-0.1, -0.05) is 15.9 Å². The maximum Gasteiger partial charge on any atom is 0.335 e. The predicted octanol–water partition coefficient (Wildman–Crippen LogP) is 1.61. The number of halogens is 1. The van der Waals surface area contributed by atoms with Crippen LogP contribution in [0.15, 0.2) is 22.7 Å². The van der Waals surface area contributed by atoms with Crippen molar-refractivity contribution in [3.05, 3.63) is 28.2 Å². The second-order valence-electron chi connectivity index (χ2n) is 3.95. The molecule has 1 atom stereocenters. The highest BCUT2D eigenvalue weighted by atomic mass is 79.9. The summed E-state index contributed by atoms with van der Waals surface area (Å²) in [5, 5.41) is 13.9. The van der Waals surface area contributed by atoms with Gasteiger partial charge in [-0.3, -0.25) is 9.59 Å². The van der Waals surface area contributed by atoms with Gasteiger partial charge in [0.25, 0.3) is 0 Å². The summed E-state index contributed by atoms with van der Waals surface area (Å²) in [6, 6.07) is 3.63. The molecular formula is C12H13BrN2O4. The molecule has 0 heterocycles. The van der Waals surface area contributed by atoms with Crippen LogP contribution in [0.2, 0.25) is 0 Å². The Labute approximate surface area is 118 Å². The quantitative estimate of drug-likeness (QED) is 0.782. The number of carboxylic acids is 1. The fraction of sp³-hybridized carbons (Fsp3) is 0.250. The van der Waals surface area contributed by atoms with Gasteiger partial charge in [-0.15, -0.1) is 0 Å². The van der Waals surface area contributed by atoms with Crippen LogP contribution in [-0.2, 0) is 9.59 Å². The van der Waals surface area contributed by atoms with E-state index < -0.39 is 17.9 Å². The van der Waals surface area contributed by atoms with Crippen LogP contribution in [0.1, 0.15) is 24.2 Å². The molecular weight excluding hydrogens is 316 g/mol. The van der Waals surface area contributed by atoms with Gasteiger partial charge in [-0.05, 0) is 25.1 Å². The van der Waals surface area contributed by atoms with Gasteiger partial charge in [0, 0.05) is 17.1 Å². The van der Waals surface area contributed by atoms with E-state index in [2.05, 4.69) is 26.6 Å². The molecule has 0 aliphatic rings. The molecule has 19 heavy (non-hydrogen) atoms. The molecule has 0 saturated carbocycles. The number of carboxylic acid groups (broad SMARTS) is 1. The van der Waals surface area contributed by atoms with Crippen LogP contribution in [0, 0.1) is 0 Å². The first-order valence-corrected chi connectivity index (χ1v) is 6.20. The molecule has 3 N–H and O–H groups in total. The van der Waals surface area contributed by atoms with Gasteiger partial charge in [-0.2, -0.15) is 0 Å². The van der Waals surface area contributed by atoms with E-state index in [0.717, 1.165) is 0 Å². The van der Waals surface area contributed by atoms with Crippen molar-refractivity contribution >= 4 is 39.4 Å². The lowest BCUT2D eigenvalue weighted by atomic mass is 10.2. The van der Waals surface area contributed by atoms with Crippen LogP contribution in [-0.4, -0.2) is 28.9 Å². The van der Waals surface area contributed by atoms with Crippen LogP contribution < -0.4 is 10.6 Å². The molecule has 6 nitrogen and oxygen atoms in total. The Balaban J connectivity index is 2.84. The number of rotatable bonds is 4. The fourth-order valence-corrected chi connectivity index (χ4v) is 1.90. The molecule has 0 fully saturated rings. The Kier molecular flexibility index (Phi) is 5.05. The summed E-state index contributed by atoms with van der Waals surface area (Å²) in [5.41, 5.74) is 0.394. The highest BCUT2D eigenvalue weighted by molar-refractivity contribution is 9.10. The maximum absolute atomic E-state index is 11.8. The van der Waals surface area contributed by atoms with Crippen molar-refractivity contribution in [2.24, 2.45) is 0 Å².